The number of hydrogen-bond acceptors (Lipinski definition) is 4. The molecule has 22 heavy (non-hydrogen) atoms. The van der Waals surface area contributed by atoms with Crippen LogP contribution in [0.1, 0.15) is 17.5 Å². The van der Waals surface area contributed by atoms with Gasteiger partial charge in [-0.15, -0.1) is 0 Å². The Hall–Kier alpha value is -1.86. The normalized spacial score (nSPS) is 11.8. The molecule has 0 aliphatic carbocycles. The molecule has 1 aromatic heterocycles. The first kappa shape index (κ1) is 16.5. The van der Waals surface area contributed by atoms with Crippen molar-refractivity contribution < 1.29 is 23.1 Å². The lowest BCUT2D eigenvalue weighted by Crippen LogP contribution is -2.30. The van der Waals surface area contributed by atoms with Crippen LogP contribution >= 0.6 is 27.5 Å². The fourth-order valence-electron chi connectivity index (χ4n) is 1.52. The molecular weight excluding hydrogens is 381 g/mol. The van der Waals surface area contributed by atoms with Crippen LogP contribution in [0.5, 0.6) is 0 Å². The molecule has 0 radical (unpaired) electrons. The standard InChI is InChI=1S/C14H10BrClFNO4/c1-7(21-14(20)11-4-5-12(15)22-11)13(19)18-10-3-2-8(17)6-9(10)16/h2-7H,1H3,(H,18,19)/t7-/m1/s1. The summed E-state index contributed by atoms with van der Waals surface area (Å²) in [4.78, 5) is 23.7. The number of carbonyl (C=O) groups excluding carboxylic acids is 2. The first-order valence-electron chi connectivity index (χ1n) is 6.09. The number of rotatable bonds is 4. The summed E-state index contributed by atoms with van der Waals surface area (Å²) >= 11 is 8.85. The zero-order chi connectivity index (χ0) is 16.3. The summed E-state index contributed by atoms with van der Waals surface area (Å²) in [5, 5.41) is 2.49. The van der Waals surface area contributed by atoms with Crippen molar-refractivity contribution in [2.24, 2.45) is 0 Å². The van der Waals surface area contributed by atoms with Crippen molar-refractivity contribution in [3.05, 3.63) is 51.6 Å². The largest absolute Gasteiger partial charge is 0.447 e. The molecular formula is C14H10BrClFNO4. The summed E-state index contributed by atoms with van der Waals surface area (Å²) in [6.45, 7) is 1.39. The highest BCUT2D eigenvalue weighted by Gasteiger charge is 2.21. The maximum Gasteiger partial charge on any atom is 0.375 e. The van der Waals surface area contributed by atoms with E-state index in [1.54, 1.807) is 0 Å². The molecule has 5 nitrogen and oxygen atoms in total. The summed E-state index contributed by atoms with van der Waals surface area (Å²) in [6, 6.07) is 6.47. The van der Waals surface area contributed by atoms with Crippen LogP contribution in [0.4, 0.5) is 10.1 Å². The molecule has 0 unspecified atom stereocenters. The van der Waals surface area contributed by atoms with Crippen LogP contribution in [0.3, 0.4) is 0 Å². The Morgan fingerprint density at radius 1 is 1.36 bits per heavy atom. The van der Waals surface area contributed by atoms with Crippen molar-refractivity contribution in [2.75, 3.05) is 5.32 Å². The van der Waals surface area contributed by atoms with Gasteiger partial charge in [0.05, 0.1) is 10.7 Å². The zero-order valence-electron chi connectivity index (χ0n) is 11.2. The van der Waals surface area contributed by atoms with Crippen LogP contribution in [0.25, 0.3) is 0 Å². The van der Waals surface area contributed by atoms with Gasteiger partial charge in [-0.1, -0.05) is 11.6 Å². The number of hydrogen-bond donors (Lipinski definition) is 1. The van der Waals surface area contributed by atoms with Gasteiger partial charge in [-0.05, 0) is 53.2 Å². The summed E-state index contributed by atoms with van der Waals surface area (Å²) in [7, 11) is 0. The van der Waals surface area contributed by atoms with Crippen molar-refractivity contribution in [3.8, 4) is 0 Å². The number of halogens is 3. The van der Waals surface area contributed by atoms with E-state index in [1.807, 2.05) is 0 Å². The maximum atomic E-state index is 12.9. The van der Waals surface area contributed by atoms with Crippen molar-refractivity contribution in [3.63, 3.8) is 0 Å². The molecule has 116 valence electrons. The first-order chi connectivity index (χ1) is 10.4. The molecule has 0 aliphatic heterocycles. The van der Waals surface area contributed by atoms with Gasteiger partial charge >= 0.3 is 5.97 Å². The van der Waals surface area contributed by atoms with E-state index in [1.165, 1.54) is 25.1 Å². The molecule has 2 rings (SSSR count). The second-order valence-electron chi connectivity index (χ2n) is 4.26. The zero-order valence-corrected chi connectivity index (χ0v) is 13.6. The van der Waals surface area contributed by atoms with Gasteiger partial charge in [-0.3, -0.25) is 4.79 Å². The molecule has 1 aromatic carbocycles. The van der Waals surface area contributed by atoms with Crippen LogP contribution in [0, 0.1) is 5.82 Å². The monoisotopic (exact) mass is 389 g/mol. The van der Waals surface area contributed by atoms with Crippen LogP contribution in [0.15, 0.2) is 39.4 Å². The van der Waals surface area contributed by atoms with Crippen molar-refractivity contribution in [1.82, 2.24) is 0 Å². The number of benzene rings is 1. The molecule has 0 saturated carbocycles. The Morgan fingerprint density at radius 3 is 2.68 bits per heavy atom. The Morgan fingerprint density at radius 2 is 2.09 bits per heavy atom. The Balaban J connectivity index is 1.98. The second kappa shape index (κ2) is 6.93. The molecule has 0 spiro atoms. The minimum absolute atomic E-state index is 0.0358. The Bertz CT molecular complexity index is 719. The van der Waals surface area contributed by atoms with Crippen molar-refractivity contribution in [2.45, 2.75) is 13.0 Å². The van der Waals surface area contributed by atoms with Crippen LogP contribution in [-0.4, -0.2) is 18.0 Å². The lowest BCUT2D eigenvalue weighted by atomic mass is 10.3. The van der Waals surface area contributed by atoms with E-state index in [0.717, 1.165) is 12.1 Å². The number of carbonyl (C=O) groups is 2. The van der Waals surface area contributed by atoms with Gasteiger partial charge in [-0.25, -0.2) is 9.18 Å². The third-order valence-electron chi connectivity index (χ3n) is 2.62. The Labute approximate surface area is 138 Å². The third kappa shape index (κ3) is 4.08. The molecule has 2 aromatic rings. The van der Waals surface area contributed by atoms with Crippen molar-refractivity contribution >= 4 is 45.1 Å². The minimum atomic E-state index is -1.09. The Kier molecular flexibility index (Phi) is 5.20. The van der Waals surface area contributed by atoms with E-state index in [4.69, 9.17) is 20.8 Å². The van der Waals surface area contributed by atoms with E-state index in [2.05, 4.69) is 21.2 Å². The molecule has 8 heteroatoms. The smallest absolute Gasteiger partial charge is 0.375 e. The summed E-state index contributed by atoms with van der Waals surface area (Å²) in [5.41, 5.74) is 0.219. The highest BCUT2D eigenvalue weighted by Crippen LogP contribution is 2.23. The fraction of sp³-hybridized carbons (Fsp3) is 0.143. The molecule has 0 fully saturated rings. The highest BCUT2D eigenvalue weighted by molar-refractivity contribution is 9.10. The second-order valence-corrected chi connectivity index (χ2v) is 5.45. The minimum Gasteiger partial charge on any atom is -0.447 e. The van der Waals surface area contributed by atoms with Gasteiger partial charge in [0.25, 0.3) is 5.91 Å². The number of esters is 1. The molecule has 1 atom stereocenters. The predicted octanol–water partition coefficient (Wildman–Crippen LogP) is 4.02. The van der Waals surface area contributed by atoms with Gasteiger partial charge in [0.2, 0.25) is 5.76 Å². The predicted molar refractivity (Wildman–Crippen MR) is 81.3 cm³/mol. The maximum absolute atomic E-state index is 12.9. The average Bonchev–Trinajstić information content (AvgIpc) is 2.88. The average molecular weight is 391 g/mol. The van der Waals surface area contributed by atoms with E-state index in [9.17, 15) is 14.0 Å². The molecule has 1 N–H and O–H groups in total. The molecule has 0 aliphatic rings. The van der Waals surface area contributed by atoms with Gasteiger partial charge in [0.15, 0.2) is 10.8 Å². The summed E-state index contributed by atoms with van der Waals surface area (Å²) < 4.78 is 23.3. The van der Waals surface area contributed by atoms with Crippen LogP contribution in [0.2, 0.25) is 5.02 Å². The number of amides is 1. The number of ether oxygens (including phenoxy) is 1. The number of furan rings is 1. The van der Waals surface area contributed by atoms with E-state index < -0.39 is 23.8 Å². The summed E-state index contributed by atoms with van der Waals surface area (Å²) in [6.07, 6.45) is -1.09. The topological polar surface area (TPSA) is 68.5 Å². The van der Waals surface area contributed by atoms with E-state index >= 15 is 0 Å². The molecule has 0 bridgehead atoms. The lowest BCUT2D eigenvalue weighted by molar-refractivity contribution is -0.123. The third-order valence-corrected chi connectivity index (χ3v) is 3.36. The molecule has 0 saturated heterocycles. The van der Waals surface area contributed by atoms with E-state index in [0.29, 0.717) is 4.67 Å². The summed E-state index contributed by atoms with van der Waals surface area (Å²) in [5.74, 6) is -1.94. The first-order valence-corrected chi connectivity index (χ1v) is 7.26. The number of nitrogens with one attached hydrogen (secondary N) is 1. The number of anilines is 1. The van der Waals surface area contributed by atoms with Gasteiger partial charge in [-0.2, -0.15) is 0 Å². The van der Waals surface area contributed by atoms with Crippen molar-refractivity contribution in [1.29, 1.82) is 0 Å². The molecule has 1 heterocycles. The highest BCUT2D eigenvalue weighted by atomic mass is 79.9. The lowest BCUT2D eigenvalue weighted by Gasteiger charge is -2.13. The fourth-order valence-corrected chi connectivity index (χ4v) is 2.04. The van der Waals surface area contributed by atoms with Crippen LogP contribution < -0.4 is 5.32 Å². The van der Waals surface area contributed by atoms with E-state index in [-0.39, 0.29) is 16.5 Å². The van der Waals surface area contributed by atoms with Crippen LogP contribution in [-0.2, 0) is 9.53 Å². The SMILES string of the molecule is C[C@@H](OC(=O)c1ccc(Br)o1)C(=O)Nc1ccc(F)cc1Cl. The van der Waals surface area contributed by atoms with Gasteiger partial charge in [0, 0.05) is 0 Å². The van der Waals surface area contributed by atoms with Gasteiger partial charge in [0.1, 0.15) is 5.82 Å². The van der Waals surface area contributed by atoms with Gasteiger partial charge < -0.3 is 14.5 Å². The quantitative estimate of drug-likeness (QED) is 0.801. The molecule has 1 amide bonds.